The fourth-order valence-electron chi connectivity index (χ4n) is 2.59. The number of carbonyl (C=O) groups is 3. The molecule has 23 heavy (non-hydrogen) atoms. The van der Waals surface area contributed by atoms with E-state index in [0.29, 0.717) is 0 Å². The van der Waals surface area contributed by atoms with Gasteiger partial charge in [-0.3, -0.25) is 14.5 Å². The molecule has 0 unspecified atom stereocenters. The summed E-state index contributed by atoms with van der Waals surface area (Å²) in [6.45, 7) is 0.114. The molecule has 0 saturated carbocycles. The van der Waals surface area contributed by atoms with Gasteiger partial charge in [-0.05, 0) is 5.56 Å². The first-order valence-corrected chi connectivity index (χ1v) is 7.06. The SMILES string of the molecule is COC(=O)C1=NOC[C@@H]2[C@H](NC(=O)Cc3ccccc3)C(=O)N12. The van der Waals surface area contributed by atoms with E-state index in [1.807, 2.05) is 30.3 Å². The molecule has 8 nitrogen and oxygen atoms in total. The molecule has 1 aromatic rings. The van der Waals surface area contributed by atoms with Gasteiger partial charge in [0.15, 0.2) is 0 Å². The number of amidine groups is 1. The lowest BCUT2D eigenvalue weighted by Crippen LogP contribution is -2.75. The van der Waals surface area contributed by atoms with Gasteiger partial charge in [0.25, 0.3) is 11.7 Å². The summed E-state index contributed by atoms with van der Waals surface area (Å²) >= 11 is 0. The predicted molar refractivity (Wildman–Crippen MR) is 78.1 cm³/mol. The van der Waals surface area contributed by atoms with Crippen molar-refractivity contribution in [1.82, 2.24) is 10.2 Å². The summed E-state index contributed by atoms with van der Waals surface area (Å²) < 4.78 is 4.56. The fraction of sp³-hybridized carbons (Fsp3) is 0.333. The Hall–Kier alpha value is -2.90. The Balaban J connectivity index is 1.63. The number of nitrogens with one attached hydrogen (secondary N) is 1. The molecule has 1 fully saturated rings. The molecule has 2 amide bonds. The average molecular weight is 317 g/mol. The van der Waals surface area contributed by atoms with Gasteiger partial charge in [0, 0.05) is 0 Å². The van der Waals surface area contributed by atoms with Gasteiger partial charge in [0.1, 0.15) is 18.7 Å². The largest absolute Gasteiger partial charge is 0.463 e. The number of carbonyl (C=O) groups excluding carboxylic acids is 3. The van der Waals surface area contributed by atoms with Crippen molar-refractivity contribution in [1.29, 1.82) is 0 Å². The quantitative estimate of drug-likeness (QED) is 0.593. The number of amides is 2. The maximum atomic E-state index is 12.2. The predicted octanol–water partition coefficient (Wildman–Crippen LogP) is -0.559. The molecule has 1 aromatic carbocycles. The Kier molecular flexibility index (Phi) is 3.96. The maximum Gasteiger partial charge on any atom is 0.377 e. The first-order valence-electron chi connectivity index (χ1n) is 7.06. The summed E-state index contributed by atoms with van der Waals surface area (Å²) in [7, 11) is 1.19. The van der Waals surface area contributed by atoms with E-state index in [9.17, 15) is 14.4 Å². The first-order chi connectivity index (χ1) is 11.1. The minimum Gasteiger partial charge on any atom is -0.463 e. The summed E-state index contributed by atoms with van der Waals surface area (Å²) in [5.41, 5.74) is 0.852. The molecular weight excluding hydrogens is 302 g/mol. The standard InChI is InChI=1S/C15H15N3O5/c1-22-15(21)13-17-23-8-10-12(14(20)18(10)13)16-11(19)7-9-5-3-2-4-6-9/h2-6,10,12H,7-8H2,1H3,(H,16,19)/t10-,12+/m1/s1. The van der Waals surface area contributed by atoms with Crippen molar-refractivity contribution in [2.45, 2.75) is 18.5 Å². The third-order valence-corrected chi connectivity index (χ3v) is 3.74. The van der Waals surface area contributed by atoms with Crippen molar-refractivity contribution in [2.75, 3.05) is 13.7 Å². The number of oxime groups is 1. The number of rotatable bonds is 4. The molecule has 0 aliphatic carbocycles. The van der Waals surface area contributed by atoms with Crippen LogP contribution in [0, 0.1) is 0 Å². The van der Waals surface area contributed by atoms with Crippen LogP contribution in [0.4, 0.5) is 0 Å². The van der Waals surface area contributed by atoms with Crippen molar-refractivity contribution in [3.8, 4) is 0 Å². The van der Waals surface area contributed by atoms with Gasteiger partial charge in [-0.2, -0.15) is 0 Å². The molecule has 2 heterocycles. The van der Waals surface area contributed by atoms with Crippen LogP contribution in [0.3, 0.4) is 0 Å². The lowest BCUT2D eigenvalue weighted by atomic mass is 9.94. The second kappa shape index (κ2) is 6.07. The smallest absolute Gasteiger partial charge is 0.377 e. The molecule has 2 aliphatic rings. The fourth-order valence-corrected chi connectivity index (χ4v) is 2.59. The summed E-state index contributed by atoms with van der Waals surface area (Å²) in [5.74, 6) is -1.61. The molecule has 120 valence electrons. The van der Waals surface area contributed by atoms with Gasteiger partial charge >= 0.3 is 5.97 Å². The van der Waals surface area contributed by atoms with E-state index in [1.165, 1.54) is 12.0 Å². The van der Waals surface area contributed by atoms with Crippen LogP contribution >= 0.6 is 0 Å². The molecule has 0 radical (unpaired) electrons. The summed E-state index contributed by atoms with van der Waals surface area (Å²) in [4.78, 5) is 42.0. The van der Waals surface area contributed by atoms with Crippen molar-refractivity contribution in [3.63, 3.8) is 0 Å². The van der Waals surface area contributed by atoms with Gasteiger partial charge in [0.05, 0.1) is 13.5 Å². The monoisotopic (exact) mass is 317 g/mol. The zero-order valence-corrected chi connectivity index (χ0v) is 12.4. The molecule has 1 N–H and O–H groups in total. The molecule has 0 bridgehead atoms. The third kappa shape index (κ3) is 2.75. The number of β-lactam (4-membered cyclic amide) rings is 1. The van der Waals surface area contributed by atoms with Crippen LogP contribution in [0.25, 0.3) is 0 Å². The van der Waals surface area contributed by atoms with Crippen molar-refractivity contribution in [3.05, 3.63) is 35.9 Å². The summed E-state index contributed by atoms with van der Waals surface area (Å²) in [5, 5.41) is 6.22. The Labute approximate surface area is 132 Å². The van der Waals surface area contributed by atoms with E-state index < -0.39 is 24.0 Å². The van der Waals surface area contributed by atoms with Crippen LogP contribution in [0.2, 0.25) is 0 Å². The van der Waals surface area contributed by atoms with E-state index in [0.717, 1.165) is 5.56 Å². The molecule has 0 aromatic heterocycles. The van der Waals surface area contributed by atoms with E-state index in [-0.39, 0.29) is 24.8 Å². The number of ether oxygens (including phenoxy) is 1. The second-order valence-electron chi connectivity index (χ2n) is 5.19. The van der Waals surface area contributed by atoms with E-state index in [2.05, 4.69) is 15.2 Å². The molecule has 1 saturated heterocycles. The second-order valence-corrected chi connectivity index (χ2v) is 5.19. The van der Waals surface area contributed by atoms with Crippen molar-refractivity contribution in [2.24, 2.45) is 5.16 Å². The van der Waals surface area contributed by atoms with Gasteiger partial charge in [-0.15, -0.1) is 0 Å². The van der Waals surface area contributed by atoms with Crippen LogP contribution in [0.1, 0.15) is 5.56 Å². The Bertz CT molecular complexity index is 673. The highest BCUT2D eigenvalue weighted by atomic mass is 16.6. The van der Waals surface area contributed by atoms with Crippen LogP contribution in [0.15, 0.2) is 35.5 Å². The normalized spacial score (nSPS) is 22.2. The van der Waals surface area contributed by atoms with Crippen LogP contribution < -0.4 is 5.32 Å². The van der Waals surface area contributed by atoms with Gasteiger partial charge < -0.3 is 14.9 Å². The molecule has 2 atom stereocenters. The highest BCUT2D eigenvalue weighted by Gasteiger charge is 2.54. The Morgan fingerprint density at radius 2 is 2.13 bits per heavy atom. The Morgan fingerprint density at radius 3 is 2.83 bits per heavy atom. The zero-order valence-electron chi connectivity index (χ0n) is 12.4. The van der Waals surface area contributed by atoms with Gasteiger partial charge in [-0.1, -0.05) is 35.5 Å². The lowest BCUT2D eigenvalue weighted by Gasteiger charge is -2.47. The van der Waals surface area contributed by atoms with E-state index in [4.69, 9.17) is 4.84 Å². The van der Waals surface area contributed by atoms with Crippen molar-refractivity contribution >= 4 is 23.6 Å². The molecule has 8 heteroatoms. The number of methoxy groups -OCH3 is 1. The van der Waals surface area contributed by atoms with Gasteiger partial charge in [0.2, 0.25) is 5.91 Å². The minimum atomic E-state index is -0.753. The summed E-state index contributed by atoms with van der Waals surface area (Å²) in [6.07, 6.45) is 0.177. The number of esters is 1. The Morgan fingerprint density at radius 1 is 1.39 bits per heavy atom. The molecule has 3 rings (SSSR count). The number of fused-ring (bicyclic) bond motifs is 1. The minimum absolute atomic E-state index is 0.114. The highest BCUT2D eigenvalue weighted by Crippen LogP contribution is 2.25. The van der Waals surface area contributed by atoms with E-state index >= 15 is 0 Å². The molecular formula is C15H15N3O5. The highest BCUT2D eigenvalue weighted by molar-refractivity contribution is 6.39. The topological polar surface area (TPSA) is 97.3 Å². The number of benzene rings is 1. The summed E-state index contributed by atoms with van der Waals surface area (Å²) in [6, 6.07) is 8.04. The molecule has 0 spiro atoms. The zero-order chi connectivity index (χ0) is 16.4. The van der Waals surface area contributed by atoms with Gasteiger partial charge in [-0.25, -0.2) is 4.79 Å². The first kappa shape index (κ1) is 15.0. The number of hydrogen-bond donors (Lipinski definition) is 1. The van der Waals surface area contributed by atoms with Crippen LogP contribution in [-0.4, -0.2) is 54.3 Å². The maximum absolute atomic E-state index is 12.2. The average Bonchev–Trinajstić information content (AvgIpc) is 2.59. The van der Waals surface area contributed by atoms with E-state index in [1.54, 1.807) is 0 Å². The lowest BCUT2D eigenvalue weighted by molar-refractivity contribution is -0.155. The third-order valence-electron chi connectivity index (χ3n) is 3.74. The van der Waals surface area contributed by atoms with Crippen molar-refractivity contribution < 1.29 is 24.0 Å². The van der Waals surface area contributed by atoms with Crippen LogP contribution in [0.5, 0.6) is 0 Å². The molecule has 2 aliphatic heterocycles. The van der Waals surface area contributed by atoms with Crippen LogP contribution in [-0.2, 0) is 30.4 Å². The number of hydrogen-bond acceptors (Lipinski definition) is 6. The number of nitrogens with zero attached hydrogens (tertiary/aromatic N) is 2.